The number of rotatable bonds is 4. The Bertz CT molecular complexity index is 667. The van der Waals surface area contributed by atoms with Crippen molar-refractivity contribution in [1.29, 1.82) is 0 Å². The van der Waals surface area contributed by atoms with Crippen molar-refractivity contribution in [3.05, 3.63) is 29.8 Å². The molecule has 0 saturated carbocycles. The van der Waals surface area contributed by atoms with Gasteiger partial charge in [0.05, 0.1) is 17.5 Å². The average Bonchev–Trinajstić information content (AvgIpc) is 2.85. The maximum Gasteiger partial charge on any atom is 0.417 e. The van der Waals surface area contributed by atoms with E-state index in [1.165, 1.54) is 0 Å². The van der Waals surface area contributed by atoms with Crippen molar-refractivity contribution in [1.82, 2.24) is 20.4 Å². The van der Waals surface area contributed by atoms with Crippen LogP contribution in [-0.2, 0) is 17.4 Å². The molecule has 1 N–H and O–H groups in total. The lowest BCUT2D eigenvalue weighted by Crippen LogP contribution is -2.31. The molecule has 1 amide bonds. The van der Waals surface area contributed by atoms with Crippen LogP contribution >= 0.6 is 0 Å². The molecule has 6 nitrogen and oxygen atoms in total. The number of nitrogens with one attached hydrogen (secondary N) is 1. The summed E-state index contributed by atoms with van der Waals surface area (Å²) in [6.07, 6.45) is -2.72. The number of nitrogens with zero attached hydrogens (tertiary/aromatic N) is 3. The van der Waals surface area contributed by atoms with Crippen molar-refractivity contribution < 1.29 is 22.5 Å². The first kappa shape index (κ1) is 15.9. The zero-order valence-electron chi connectivity index (χ0n) is 11.8. The van der Waals surface area contributed by atoms with Crippen LogP contribution in [0.15, 0.2) is 23.0 Å². The quantitative estimate of drug-likeness (QED) is 0.936. The first-order chi connectivity index (χ1) is 10.3. The molecular weight excluding hydrogens is 301 g/mol. The first-order valence-electron chi connectivity index (χ1n) is 6.41. The highest BCUT2D eigenvalue weighted by molar-refractivity contribution is 5.78. The SMILES string of the molecule is CC(C)NC(=O)Cc1noc(-c2cnccc2C(F)(F)F)n1. The van der Waals surface area contributed by atoms with Gasteiger partial charge in [0.2, 0.25) is 5.91 Å². The summed E-state index contributed by atoms with van der Waals surface area (Å²) in [5, 5.41) is 6.14. The van der Waals surface area contributed by atoms with E-state index in [0.717, 1.165) is 18.5 Å². The van der Waals surface area contributed by atoms with Crippen LogP contribution in [0.25, 0.3) is 11.5 Å². The van der Waals surface area contributed by atoms with E-state index in [0.29, 0.717) is 0 Å². The van der Waals surface area contributed by atoms with E-state index in [-0.39, 0.29) is 35.6 Å². The standard InChI is InChI=1S/C13H13F3N4O2/c1-7(2)18-11(21)5-10-19-12(22-20-10)8-6-17-4-3-9(8)13(14,15)16/h3-4,6-7H,5H2,1-2H3,(H,18,21). The lowest BCUT2D eigenvalue weighted by molar-refractivity contribution is -0.137. The third-order valence-electron chi connectivity index (χ3n) is 2.59. The maximum absolute atomic E-state index is 12.9. The summed E-state index contributed by atoms with van der Waals surface area (Å²) in [4.78, 5) is 19.0. The minimum Gasteiger partial charge on any atom is -0.354 e. The number of alkyl halides is 3. The molecule has 0 radical (unpaired) electrons. The van der Waals surface area contributed by atoms with E-state index in [4.69, 9.17) is 4.52 Å². The van der Waals surface area contributed by atoms with Gasteiger partial charge in [0.1, 0.15) is 0 Å². The fourth-order valence-electron chi connectivity index (χ4n) is 1.76. The van der Waals surface area contributed by atoms with Crippen LogP contribution in [0.4, 0.5) is 13.2 Å². The minimum atomic E-state index is -4.57. The summed E-state index contributed by atoms with van der Waals surface area (Å²) in [6, 6.07) is 0.763. The van der Waals surface area contributed by atoms with Crippen molar-refractivity contribution in [2.45, 2.75) is 32.5 Å². The number of hydrogen-bond donors (Lipinski definition) is 1. The number of hydrogen-bond acceptors (Lipinski definition) is 5. The summed E-state index contributed by atoms with van der Waals surface area (Å²) >= 11 is 0. The highest BCUT2D eigenvalue weighted by Gasteiger charge is 2.35. The number of amides is 1. The summed E-state index contributed by atoms with van der Waals surface area (Å²) in [7, 11) is 0. The topological polar surface area (TPSA) is 80.9 Å². The van der Waals surface area contributed by atoms with E-state index >= 15 is 0 Å². The van der Waals surface area contributed by atoms with Crippen molar-refractivity contribution in [2.75, 3.05) is 0 Å². The molecular formula is C13H13F3N4O2. The molecule has 2 rings (SSSR count). The predicted octanol–water partition coefficient (Wildman–Crippen LogP) is 2.22. The van der Waals surface area contributed by atoms with Crippen molar-refractivity contribution in [3.8, 4) is 11.5 Å². The molecule has 2 heterocycles. The molecule has 2 aromatic rings. The number of pyridine rings is 1. The van der Waals surface area contributed by atoms with Gasteiger partial charge in [-0.2, -0.15) is 18.2 Å². The van der Waals surface area contributed by atoms with Gasteiger partial charge in [0, 0.05) is 18.4 Å². The number of carbonyl (C=O) groups is 1. The van der Waals surface area contributed by atoms with Gasteiger partial charge in [-0.05, 0) is 19.9 Å². The Balaban J connectivity index is 2.24. The van der Waals surface area contributed by atoms with Crippen LogP contribution < -0.4 is 5.32 Å². The fourth-order valence-corrected chi connectivity index (χ4v) is 1.76. The summed E-state index contributed by atoms with van der Waals surface area (Å²) in [5.74, 6) is -0.664. The number of carbonyl (C=O) groups excluding carboxylic acids is 1. The zero-order valence-corrected chi connectivity index (χ0v) is 11.8. The highest BCUT2D eigenvalue weighted by Crippen LogP contribution is 2.35. The number of halogens is 3. The Morgan fingerprint density at radius 2 is 2.14 bits per heavy atom. The second-order valence-electron chi connectivity index (χ2n) is 4.83. The first-order valence-corrected chi connectivity index (χ1v) is 6.41. The van der Waals surface area contributed by atoms with E-state index in [9.17, 15) is 18.0 Å². The molecule has 0 aliphatic carbocycles. The molecule has 0 aromatic carbocycles. The van der Waals surface area contributed by atoms with E-state index in [2.05, 4.69) is 20.4 Å². The monoisotopic (exact) mass is 314 g/mol. The Labute approximate surface area is 123 Å². The average molecular weight is 314 g/mol. The second-order valence-corrected chi connectivity index (χ2v) is 4.83. The van der Waals surface area contributed by atoms with Crippen LogP contribution in [0.5, 0.6) is 0 Å². The lowest BCUT2D eigenvalue weighted by Gasteiger charge is -2.08. The van der Waals surface area contributed by atoms with Gasteiger partial charge >= 0.3 is 6.18 Å². The predicted molar refractivity (Wildman–Crippen MR) is 69.5 cm³/mol. The second kappa shape index (κ2) is 6.12. The molecule has 0 aliphatic heterocycles. The van der Waals surface area contributed by atoms with Crippen LogP contribution in [0, 0.1) is 0 Å². The van der Waals surface area contributed by atoms with E-state index in [1.807, 2.05) is 0 Å². The van der Waals surface area contributed by atoms with Gasteiger partial charge in [0.15, 0.2) is 5.82 Å². The Hall–Kier alpha value is -2.45. The van der Waals surface area contributed by atoms with E-state index < -0.39 is 11.7 Å². The number of aromatic nitrogens is 3. The van der Waals surface area contributed by atoms with Crippen molar-refractivity contribution in [3.63, 3.8) is 0 Å². The van der Waals surface area contributed by atoms with Crippen molar-refractivity contribution >= 4 is 5.91 Å². The third-order valence-corrected chi connectivity index (χ3v) is 2.59. The van der Waals surface area contributed by atoms with Gasteiger partial charge in [-0.25, -0.2) is 0 Å². The summed E-state index contributed by atoms with van der Waals surface area (Å²) < 4.78 is 43.5. The zero-order chi connectivity index (χ0) is 16.3. The van der Waals surface area contributed by atoms with Gasteiger partial charge in [-0.1, -0.05) is 5.16 Å². The molecule has 0 saturated heterocycles. The Kier molecular flexibility index (Phi) is 4.43. The van der Waals surface area contributed by atoms with Gasteiger partial charge in [-0.15, -0.1) is 0 Å². The van der Waals surface area contributed by atoms with Gasteiger partial charge in [-0.3, -0.25) is 9.78 Å². The molecule has 0 atom stereocenters. The van der Waals surface area contributed by atoms with Gasteiger partial charge in [0.25, 0.3) is 5.89 Å². The molecule has 0 fully saturated rings. The molecule has 2 aromatic heterocycles. The Morgan fingerprint density at radius 3 is 2.77 bits per heavy atom. The maximum atomic E-state index is 12.9. The molecule has 0 bridgehead atoms. The molecule has 22 heavy (non-hydrogen) atoms. The van der Waals surface area contributed by atoms with E-state index in [1.54, 1.807) is 13.8 Å². The molecule has 0 unspecified atom stereocenters. The summed E-state index contributed by atoms with van der Waals surface area (Å²) in [6.45, 7) is 3.57. The van der Waals surface area contributed by atoms with Crippen LogP contribution in [0.1, 0.15) is 25.2 Å². The molecule has 0 aliphatic rings. The summed E-state index contributed by atoms with van der Waals surface area (Å²) in [5.41, 5.74) is -1.25. The van der Waals surface area contributed by atoms with Crippen LogP contribution in [0.2, 0.25) is 0 Å². The van der Waals surface area contributed by atoms with Crippen molar-refractivity contribution in [2.24, 2.45) is 0 Å². The Morgan fingerprint density at radius 1 is 1.41 bits per heavy atom. The minimum absolute atomic E-state index is 0.00475. The van der Waals surface area contributed by atoms with Crippen LogP contribution in [0.3, 0.4) is 0 Å². The molecule has 118 valence electrons. The lowest BCUT2D eigenvalue weighted by atomic mass is 10.1. The highest BCUT2D eigenvalue weighted by atomic mass is 19.4. The van der Waals surface area contributed by atoms with Crippen LogP contribution in [-0.4, -0.2) is 27.1 Å². The van der Waals surface area contributed by atoms with Gasteiger partial charge < -0.3 is 9.84 Å². The molecule has 0 spiro atoms. The molecule has 9 heteroatoms. The smallest absolute Gasteiger partial charge is 0.354 e. The largest absolute Gasteiger partial charge is 0.417 e. The third kappa shape index (κ3) is 3.80. The fraction of sp³-hybridized carbons (Fsp3) is 0.385. The normalized spacial score (nSPS) is 11.7.